The first-order valence-corrected chi connectivity index (χ1v) is 3.20. The maximum Gasteiger partial charge on any atom is 0.328 e. The van der Waals surface area contributed by atoms with E-state index < -0.39 is 4.92 Å². The Labute approximate surface area is 62.8 Å². The summed E-state index contributed by atoms with van der Waals surface area (Å²) in [4.78, 5) is 12.2. The van der Waals surface area contributed by atoms with Crippen LogP contribution in [-0.4, -0.2) is 15.0 Å². The Morgan fingerprint density at radius 2 is 2.45 bits per heavy atom. The first-order valence-electron chi connectivity index (χ1n) is 3.20. The standard InChI is InChI=1S/C6H8N2O3/c1-2-4-6(9)5(3-7-4)8(10)11/h3,7,9H,2H2,1H3. The molecular formula is C6H8N2O3. The number of aryl methyl sites for hydroxylation is 1. The van der Waals surface area contributed by atoms with E-state index in [1.807, 2.05) is 0 Å². The van der Waals surface area contributed by atoms with Gasteiger partial charge in [0.2, 0.25) is 5.75 Å². The predicted octanol–water partition coefficient (Wildman–Crippen LogP) is 1.19. The summed E-state index contributed by atoms with van der Waals surface area (Å²) >= 11 is 0. The Bertz CT molecular complexity index is 279. The highest BCUT2D eigenvalue weighted by molar-refractivity contribution is 5.47. The molecule has 2 N–H and O–H groups in total. The second-order valence-electron chi connectivity index (χ2n) is 2.11. The van der Waals surface area contributed by atoms with Crippen molar-refractivity contribution >= 4 is 5.69 Å². The van der Waals surface area contributed by atoms with Crippen LogP contribution >= 0.6 is 0 Å². The summed E-state index contributed by atoms with van der Waals surface area (Å²) in [5, 5.41) is 19.3. The van der Waals surface area contributed by atoms with Crippen LogP contribution in [0.15, 0.2) is 6.20 Å². The molecule has 0 aliphatic carbocycles. The molecule has 0 radical (unpaired) electrons. The van der Waals surface area contributed by atoms with E-state index in [4.69, 9.17) is 5.11 Å². The topological polar surface area (TPSA) is 79.2 Å². The summed E-state index contributed by atoms with van der Waals surface area (Å²) in [5.74, 6) is -0.252. The summed E-state index contributed by atoms with van der Waals surface area (Å²) in [5.41, 5.74) is 0.235. The molecule has 5 nitrogen and oxygen atoms in total. The zero-order chi connectivity index (χ0) is 8.43. The molecule has 1 heterocycles. The summed E-state index contributed by atoms with van der Waals surface area (Å²) < 4.78 is 0. The van der Waals surface area contributed by atoms with Gasteiger partial charge in [-0.15, -0.1) is 0 Å². The summed E-state index contributed by atoms with van der Waals surface area (Å²) in [6.45, 7) is 1.80. The van der Waals surface area contributed by atoms with Gasteiger partial charge in [0.05, 0.1) is 16.8 Å². The average Bonchev–Trinajstić information content (AvgIpc) is 2.30. The highest BCUT2D eigenvalue weighted by atomic mass is 16.6. The first-order chi connectivity index (χ1) is 5.16. The van der Waals surface area contributed by atoms with Crippen molar-refractivity contribution in [2.75, 3.05) is 0 Å². The lowest BCUT2D eigenvalue weighted by Gasteiger charge is -1.89. The van der Waals surface area contributed by atoms with E-state index in [1.54, 1.807) is 6.92 Å². The minimum atomic E-state index is -0.620. The predicted molar refractivity (Wildman–Crippen MR) is 38.5 cm³/mol. The Kier molecular flexibility index (Phi) is 1.80. The van der Waals surface area contributed by atoms with E-state index in [1.165, 1.54) is 6.20 Å². The smallest absolute Gasteiger partial charge is 0.328 e. The zero-order valence-corrected chi connectivity index (χ0v) is 6.00. The quantitative estimate of drug-likeness (QED) is 0.498. The van der Waals surface area contributed by atoms with Gasteiger partial charge in [-0.2, -0.15) is 0 Å². The fraction of sp³-hybridized carbons (Fsp3) is 0.333. The van der Waals surface area contributed by atoms with Gasteiger partial charge in [0.1, 0.15) is 0 Å². The minimum Gasteiger partial charge on any atom is -0.501 e. The third-order valence-corrected chi connectivity index (χ3v) is 1.46. The van der Waals surface area contributed by atoms with Crippen molar-refractivity contribution in [1.82, 2.24) is 4.98 Å². The molecule has 0 bridgehead atoms. The molecule has 0 fully saturated rings. The molecule has 0 aliphatic heterocycles. The van der Waals surface area contributed by atoms with Crippen molar-refractivity contribution in [1.29, 1.82) is 0 Å². The van der Waals surface area contributed by atoms with Crippen molar-refractivity contribution in [3.8, 4) is 5.75 Å². The molecule has 0 amide bonds. The van der Waals surface area contributed by atoms with Crippen LogP contribution in [0.3, 0.4) is 0 Å². The fourth-order valence-corrected chi connectivity index (χ4v) is 0.855. The van der Waals surface area contributed by atoms with Gasteiger partial charge in [-0.1, -0.05) is 6.92 Å². The number of nitro groups is 1. The molecular weight excluding hydrogens is 148 g/mol. The van der Waals surface area contributed by atoms with Crippen LogP contribution in [0.25, 0.3) is 0 Å². The molecule has 0 aliphatic rings. The summed E-state index contributed by atoms with van der Waals surface area (Å²) in [6.07, 6.45) is 1.74. The molecule has 0 atom stereocenters. The lowest BCUT2D eigenvalue weighted by Crippen LogP contribution is -1.84. The number of aromatic amines is 1. The van der Waals surface area contributed by atoms with Gasteiger partial charge in [0.25, 0.3) is 0 Å². The van der Waals surface area contributed by atoms with Crippen molar-refractivity contribution < 1.29 is 10.0 Å². The Balaban J connectivity index is 3.10. The maximum atomic E-state index is 10.2. The molecule has 11 heavy (non-hydrogen) atoms. The lowest BCUT2D eigenvalue weighted by molar-refractivity contribution is -0.385. The van der Waals surface area contributed by atoms with Crippen molar-refractivity contribution in [2.45, 2.75) is 13.3 Å². The van der Waals surface area contributed by atoms with E-state index in [2.05, 4.69) is 4.98 Å². The molecule has 0 saturated carbocycles. The molecule has 0 aromatic carbocycles. The van der Waals surface area contributed by atoms with Crippen LogP contribution in [0.2, 0.25) is 0 Å². The van der Waals surface area contributed by atoms with Crippen LogP contribution in [0.5, 0.6) is 5.75 Å². The number of aromatic hydroxyl groups is 1. The summed E-state index contributed by atoms with van der Waals surface area (Å²) in [6, 6.07) is 0. The zero-order valence-electron chi connectivity index (χ0n) is 6.00. The molecule has 60 valence electrons. The van der Waals surface area contributed by atoms with Crippen molar-refractivity contribution in [3.05, 3.63) is 22.0 Å². The van der Waals surface area contributed by atoms with Crippen LogP contribution in [0, 0.1) is 10.1 Å². The van der Waals surface area contributed by atoms with Crippen molar-refractivity contribution in [2.24, 2.45) is 0 Å². The van der Waals surface area contributed by atoms with Crippen molar-refractivity contribution in [3.63, 3.8) is 0 Å². The molecule has 0 spiro atoms. The normalized spacial score (nSPS) is 9.91. The lowest BCUT2D eigenvalue weighted by atomic mass is 10.3. The van der Waals surface area contributed by atoms with Gasteiger partial charge in [0, 0.05) is 0 Å². The van der Waals surface area contributed by atoms with E-state index in [0.29, 0.717) is 12.1 Å². The third-order valence-electron chi connectivity index (χ3n) is 1.46. The van der Waals surface area contributed by atoms with E-state index in [-0.39, 0.29) is 11.4 Å². The van der Waals surface area contributed by atoms with Crippen LogP contribution < -0.4 is 0 Å². The van der Waals surface area contributed by atoms with Crippen LogP contribution in [-0.2, 0) is 6.42 Å². The maximum absolute atomic E-state index is 10.2. The van der Waals surface area contributed by atoms with Crippen LogP contribution in [0.4, 0.5) is 5.69 Å². The van der Waals surface area contributed by atoms with Crippen LogP contribution in [0.1, 0.15) is 12.6 Å². The first kappa shape index (κ1) is 7.59. The number of hydrogen-bond donors (Lipinski definition) is 2. The van der Waals surface area contributed by atoms with Gasteiger partial charge < -0.3 is 10.1 Å². The van der Waals surface area contributed by atoms with E-state index in [9.17, 15) is 10.1 Å². The molecule has 1 aromatic heterocycles. The number of aromatic nitrogens is 1. The molecule has 1 aromatic rings. The Morgan fingerprint density at radius 1 is 1.82 bits per heavy atom. The van der Waals surface area contributed by atoms with Gasteiger partial charge >= 0.3 is 5.69 Å². The number of nitrogens with zero attached hydrogens (tertiary/aromatic N) is 1. The van der Waals surface area contributed by atoms with E-state index >= 15 is 0 Å². The monoisotopic (exact) mass is 156 g/mol. The third kappa shape index (κ3) is 1.17. The molecule has 0 unspecified atom stereocenters. The Hall–Kier alpha value is -1.52. The number of hydrogen-bond acceptors (Lipinski definition) is 3. The van der Waals surface area contributed by atoms with Gasteiger partial charge in [-0.3, -0.25) is 10.1 Å². The molecule has 5 heteroatoms. The highest BCUT2D eigenvalue weighted by Gasteiger charge is 2.17. The largest absolute Gasteiger partial charge is 0.501 e. The fourth-order valence-electron chi connectivity index (χ4n) is 0.855. The minimum absolute atomic E-state index is 0.252. The Morgan fingerprint density at radius 3 is 2.73 bits per heavy atom. The van der Waals surface area contributed by atoms with E-state index in [0.717, 1.165) is 0 Å². The van der Waals surface area contributed by atoms with Gasteiger partial charge in [-0.05, 0) is 6.42 Å². The summed E-state index contributed by atoms with van der Waals surface area (Å²) in [7, 11) is 0. The number of H-pyrrole nitrogens is 1. The SMILES string of the molecule is CCc1[nH]cc([N+](=O)[O-])c1O. The second-order valence-corrected chi connectivity index (χ2v) is 2.11. The van der Waals surface area contributed by atoms with Gasteiger partial charge in [0.15, 0.2) is 0 Å². The van der Waals surface area contributed by atoms with Gasteiger partial charge in [-0.25, -0.2) is 0 Å². The average molecular weight is 156 g/mol. The number of rotatable bonds is 2. The molecule has 0 saturated heterocycles. The second kappa shape index (κ2) is 2.61. The highest BCUT2D eigenvalue weighted by Crippen LogP contribution is 2.28. The molecule has 1 rings (SSSR count). The number of nitrogens with one attached hydrogen (secondary N) is 1.